The van der Waals surface area contributed by atoms with Gasteiger partial charge in [0, 0.05) is 31.5 Å². The SMILES string of the molecule is C[C@H](c1ccccc1)N1CCC(=O)C[C@H]1CC#N. The van der Waals surface area contributed by atoms with Gasteiger partial charge in [-0.3, -0.25) is 9.69 Å². The smallest absolute Gasteiger partial charge is 0.135 e. The molecular weight excluding hydrogens is 224 g/mol. The van der Waals surface area contributed by atoms with Crippen molar-refractivity contribution in [2.45, 2.75) is 38.3 Å². The molecule has 1 aromatic rings. The first-order valence-electron chi connectivity index (χ1n) is 6.41. The van der Waals surface area contributed by atoms with Crippen molar-refractivity contribution in [1.29, 1.82) is 5.26 Å². The molecule has 2 atom stereocenters. The molecule has 0 saturated carbocycles. The van der Waals surface area contributed by atoms with Crippen molar-refractivity contribution in [3.8, 4) is 6.07 Å². The number of hydrogen-bond donors (Lipinski definition) is 0. The van der Waals surface area contributed by atoms with E-state index in [2.05, 4.69) is 30.0 Å². The van der Waals surface area contributed by atoms with E-state index in [1.165, 1.54) is 5.56 Å². The van der Waals surface area contributed by atoms with Gasteiger partial charge < -0.3 is 0 Å². The molecule has 0 radical (unpaired) electrons. The maximum atomic E-state index is 11.5. The molecule has 1 heterocycles. The van der Waals surface area contributed by atoms with Gasteiger partial charge in [-0.15, -0.1) is 0 Å². The number of piperidine rings is 1. The summed E-state index contributed by atoms with van der Waals surface area (Å²) in [5, 5.41) is 8.89. The quantitative estimate of drug-likeness (QED) is 0.818. The van der Waals surface area contributed by atoms with Crippen LogP contribution < -0.4 is 0 Å². The third kappa shape index (κ3) is 2.77. The van der Waals surface area contributed by atoms with Gasteiger partial charge in [-0.25, -0.2) is 0 Å². The van der Waals surface area contributed by atoms with Gasteiger partial charge in [0.2, 0.25) is 0 Å². The van der Waals surface area contributed by atoms with E-state index < -0.39 is 0 Å². The third-order valence-electron chi connectivity index (χ3n) is 3.69. The molecule has 0 amide bonds. The number of rotatable bonds is 3. The maximum absolute atomic E-state index is 11.5. The number of likely N-dealkylation sites (tertiary alicyclic amines) is 1. The first-order chi connectivity index (χ1) is 8.72. The highest BCUT2D eigenvalue weighted by molar-refractivity contribution is 5.80. The number of ketones is 1. The highest BCUT2D eigenvalue weighted by atomic mass is 16.1. The first kappa shape index (κ1) is 12.8. The predicted octanol–water partition coefficient (Wildman–Crippen LogP) is 2.69. The Morgan fingerprint density at radius 3 is 2.83 bits per heavy atom. The molecule has 0 bridgehead atoms. The Bertz CT molecular complexity index is 449. The number of Topliss-reactive ketones (excluding diaryl/α,β-unsaturated/α-hetero) is 1. The van der Waals surface area contributed by atoms with Crippen molar-refractivity contribution < 1.29 is 4.79 Å². The van der Waals surface area contributed by atoms with Crippen molar-refractivity contribution in [2.24, 2.45) is 0 Å². The zero-order valence-electron chi connectivity index (χ0n) is 10.7. The van der Waals surface area contributed by atoms with Gasteiger partial charge in [-0.05, 0) is 12.5 Å². The number of nitriles is 1. The van der Waals surface area contributed by atoms with Crippen LogP contribution in [0.15, 0.2) is 30.3 Å². The summed E-state index contributed by atoms with van der Waals surface area (Å²) >= 11 is 0. The maximum Gasteiger partial charge on any atom is 0.135 e. The van der Waals surface area contributed by atoms with Crippen LogP contribution in [0.3, 0.4) is 0 Å². The van der Waals surface area contributed by atoms with E-state index in [1.807, 2.05) is 18.2 Å². The number of nitrogens with zero attached hydrogens (tertiary/aromatic N) is 2. The van der Waals surface area contributed by atoms with Gasteiger partial charge in [0.05, 0.1) is 12.5 Å². The zero-order chi connectivity index (χ0) is 13.0. The van der Waals surface area contributed by atoms with Crippen molar-refractivity contribution in [2.75, 3.05) is 6.54 Å². The molecule has 3 heteroatoms. The Morgan fingerprint density at radius 1 is 1.44 bits per heavy atom. The largest absolute Gasteiger partial charge is 0.300 e. The second-order valence-electron chi connectivity index (χ2n) is 4.83. The average molecular weight is 242 g/mol. The number of carbonyl (C=O) groups excluding carboxylic acids is 1. The average Bonchev–Trinajstić information content (AvgIpc) is 2.40. The molecule has 1 aliphatic rings. The molecular formula is C15H18N2O. The third-order valence-corrected chi connectivity index (χ3v) is 3.69. The molecule has 1 aromatic carbocycles. The summed E-state index contributed by atoms with van der Waals surface area (Å²) in [6.07, 6.45) is 1.56. The van der Waals surface area contributed by atoms with Gasteiger partial charge in [0.25, 0.3) is 0 Å². The van der Waals surface area contributed by atoms with Crippen LogP contribution in [-0.2, 0) is 4.79 Å². The second-order valence-corrected chi connectivity index (χ2v) is 4.83. The molecule has 18 heavy (non-hydrogen) atoms. The van der Waals surface area contributed by atoms with E-state index in [0.717, 1.165) is 6.54 Å². The lowest BCUT2D eigenvalue weighted by Crippen LogP contribution is -2.43. The van der Waals surface area contributed by atoms with Gasteiger partial charge in [0.1, 0.15) is 5.78 Å². The lowest BCUT2D eigenvalue weighted by molar-refractivity contribution is -0.123. The molecule has 2 rings (SSSR count). The molecule has 0 unspecified atom stereocenters. The highest BCUT2D eigenvalue weighted by Crippen LogP contribution is 2.28. The molecule has 1 aliphatic heterocycles. The summed E-state index contributed by atoms with van der Waals surface area (Å²) in [6.45, 7) is 2.91. The van der Waals surface area contributed by atoms with Crippen molar-refractivity contribution in [3.63, 3.8) is 0 Å². The van der Waals surface area contributed by atoms with Crippen LogP contribution in [0.25, 0.3) is 0 Å². The normalized spacial score (nSPS) is 22.4. The van der Waals surface area contributed by atoms with Crippen LogP contribution in [-0.4, -0.2) is 23.3 Å². The van der Waals surface area contributed by atoms with Crippen LogP contribution in [0.1, 0.15) is 37.8 Å². The summed E-state index contributed by atoms with van der Waals surface area (Å²) in [4.78, 5) is 13.8. The fourth-order valence-electron chi connectivity index (χ4n) is 2.65. The molecule has 1 saturated heterocycles. The van der Waals surface area contributed by atoms with Crippen LogP contribution in [0, 0.1) is 11.3 Å². The Morgan fingerprint density at radius 2 is 2.17 bits per heavy atom. The van der Waals surface area contributed by atoms with Gasteiger partial charge in [-0.1, -0.05) is 30.3 Å². The van der Waals surface area contributed by atoms with Crippen LogP contribution >= 0.6 is 0 Å². The molecule has 0 N–H and O–H groups in total. The zero-order valence-corrected chi connectivity index (χ0v) is 10.7. The van der Waals surface area contributed by atoms with Crippen LogP contribution in [0.4, 0.5) is 0 Å². The van der Waals surface area contributed by atoms with Crippen molar-refractivity contribution in [1.82, 2.24) is 4.90 Å². The van der Waals surface area contributed by atoms with Gasteiger partial charge in [0.15, 0.2) is 0 Å². The Kier molecular flexibility index (Phi) is 4.11. The van der Waals surface area contributed by atoms with E-state index in [9.17, 15) is 4.79 Å². The van der Waals surface area contributed by atoms with Gasteiger partial charge in [-0.2, -0.15) is 5.26 Å². The fraction of sp³-hybridized carbons (Fsp3) is 0.467. The number of hydrogen-bond acceptors (Lipinski definition) is 3. The van der Waals surface area contributed by atoms with Crippen LogP contribution in [0.5, 0.6) is 0 Å². The standard InChI is InChI=1S/C15H18N2O/c1-12(13-5-3-2-4-6-13)17-10-8-15(18)11-14(17)7-9-16/h2-6,12,14H,7-8,10-11H2,1H3/t12-,14-/m1/s1. The summed E-state index contributed by atoms with van der Waals surface area (Å²) in [6, 6.07) is 12.8. The fourth-order valence-corrected chi connectivity index (χ4v) is 2.65. The van der Waals surface area contributed by atoms with E-state index >= 15 is 0 Å². The first-order valence-corrected chi connectivity index (χ1v) is 6.41. The monoisotopic (exact) mass is 242 g/mol. The van der Waals surface area contributed by atoms with Crippen LogP contribution in [0.2, 0.25) is 0 Å². The minimum Gasteiger partial charge on any atom is -0.300 e. The summed E-state index contributed by atoms with van der Waals surface area (Å²) in [5.74, 6) is 0.284. The summed E-state index contributed by atoms with van der Waals surface area (Å²) in [7, 11) is 0. The Hall–Kier alpha value is -1.66. The minimum atomic E-state index is 0.0754. The summed E-state index contributed by atoms with van der Waals surface area (Å²) in [5.41, 5.74) is 1.25. The highest BCUT2D eigenvalue weighted by Gasteiger charge is 2.30. The second kappa shape index (κ2) is 5.79. The number of carbonyl (C=O) groups is 1. The predicted molar refractivity (Wildman–Crippen MR) is 69.8 cm³/mol. The molecule has 94 valence electrons. The summed E-state index contributed by atoms with van der Waals surface area (Å²) < 4.78 is 0. The molecule has 0 spiro atoms. The van der Waals surface area contributed by atoms with E-state index in [4.69, 9.17) is 5.26 Å². The minimum absolute atomic E-state index is 0.0754. The lowest BCUT2D eigenvalue weighted by atomic mass is 9.95. The lowest BCUT2D eigenvalue weighted by Gasteiger charge is -2.38. The topological polar surface area (TPSA) is 44.1 Å². The van der Waals surface area contributed by atoms with E-state index in [1.54, 1.807) is 0 Å². The van der Waals surface area contributed by atoms with Crippen molar-refractivity contribution in [3.05, 3.63) is 35.9 Å². The molecule has 1 fully saturated rings. The van der Waals surface area contributed by atoms with E-state index in [-0.39, 0.29) is 17.9 Å². The van der Waals surface area contributed by atoms with Gasteiger partial charge >= 0.3 is 0 Å². The number of benzene rings is 1. The molecule has 0 aliphatic carbocycles. The Balaban J connectivity index is 2.15. The van der Waals surface area contributed by atoms with E-state index in [0.29, 0.717) is 19.3 Å². The molecule has 0 aromatic heterocycles. The Labute approximate surface area is 108 Å². The van der Waals surface area contributed by atoms with Crippen molar-refractivity contribution >= 4 is 5.78 Å². The molecule has 3 nitrogen and oxygen atoms in total.